The largest absolute Gasteiger partial charge is 0.453 e. The maximum atomic E-state index is 12.0. The Kier molecular flexibility index (Phi) is 4.67. The molecule has 1 aliphatic rings. The molecule has 0 amide bonds. The fourth-order valence-corrected chi connectivity index (χ4v) is 3.32. The van der Waals surface area contributed by atoms with Crippen LogP contribution < -0.4 is 0 Å². The van der Waals surface area contributed by atoms with Crippen LogP contribution in [0.15, 0.2) is 53.1 Å². The molecule has 0 radical (unpaired) electrons. The van der Waals surface area contributed by atoms with Gasteiger partial charge in [0.25, 0.3) is 0 Å². The van der Waals surface area contributed by atoms with Crippen LogP contribution in [0, 0.1) is 13.8 Å². The molecule has 27 heavy (non-hydrogen) atoms. The molecule has 2 heterocycles. The number of benzene rings is 1. The zero-order valence-electron chi connectivity index (χ0n) is 15.5. The first-order valence-electron chi connectivity index (χ1n) is 9.15. The zero-order valence-corrected chi connectivity index (χ0v) is 15.5. The van der Waals surface area contributed by atoms with Gasteiger partial charge in [0.05, 0.1) is 6.20 Å². The number of nitrogens with zero attached hydrogens (tertiary/aromatic N) is 2. The van der Waals surface area contributed by atoms with Gasteiger partial charge in [0.2, 0.25) is 5.89 Å². The first-order valence-corrected chi connectivity index (χ1v) is 9.15. The molecule has 0 N–H and O–H groups in total. The van der Waals surface area contributed by atoms with Crippen LogP contribution in [-0.2, 0) is 16.1 Å². The van der Waals surface area contributed by atoms with E-state index in [1.165, 1.54) is 30.3 Å². The van der Waals surface area contributed by atoms with Crippen LogP contribution >= 0.6 is 0 Å². The average Bonchev–Trinajstić information content (AvgIpc) is 3.31. The molecule has 0 aliphatic heterocycles. The monoisotopic (exact) mass is 362 g/mol. The highest BCUT2D eigenvalue weighted by molar-refractivity contribution is 5.87. The molecule has 4 rings (SSSR count). The molecule has 1 aliphatic carbocycles. The molecule has 5 nitrogen and oxygen atoms in total. The molecule has 0 unspecified atom stereocenters. The van der Waals surface area contributed by atoms with Crippen molar-refractivity contribution in [3.63, 3.8) is 0 Å². The normalized spacial score (nSPS) is 14.0. The minimum absolute atomic E-state index is 0.0110. The minimum atomic E-state index is -0.411. The van der Waals surface area contributed by atoms with Crippen LogP contribution in [0.2, 0.25) is 0 Å². The van der Waals surface area contributed by atoms with Gasteiger partial charge >= 0.3 is 5.97 Å². The molecule has 0 saturated heterocycles. The van der Waals surface area contributed by atoms with E-state index < -0.39 is 5.97 Å². The summed E-state index contributed by atoms with van der Waals surface area (Å²) in [7, 11) is 0. The second-order valence-electron chi connectivity index (χ2n) is 6.85. The van der Waals surface area contributed by atoms with E-state index >= 15 is 0 Å². The van der Waals surface area contributed by atoms with Crippen molar-refractivity contribution in [3.05, 3.63) is 71.5 Å². The van der Waals surface area contributed by atoms with Gasteiger partial charge in [-0.1, -0.05) is 30.3 Å². The van der Waals surface area contributed by atoms with Crippen molar-refractivity contribution in [2.24, 2.45) is 0 Å². The lowest BCUT2D eigenvalue weighted by molar-refractivity contribution is -0.139. The van der Waals surface area contributed by atoms with Crippen molar-refractivity contribution in [2.45, 2.75) is 39.3 Å². The number of esters is 1. The molecule has 0 bridgehead atoms. The maximum Gasteiger partial charge on any atom is 0.331 e. The topological polar surface area (TPSA) is 57.3 Å². The van der Waals surface area contributed by atoms with Crippen LogP contribution in [0.25, 0.3) is 17.4 Å². The van der Waals surface area contributed by atoms with Crippen molar-refractivity contribution >= 4 is 12.0 Å². The van der Waals surface area contributed by atoms with Crippen molar-refractivity contribution in [1.29, 1.82) is 0 Å². The predicted molar refractivity (Wildman–Crippen MR) is 103 cm³/mol. The van der Waals surface area contributed by atoms with Crippen LogP contribution in [-0.4, -0.2) is 15.5 Å². The number of carbonyl (C=O) groups excluding carboxylic acids is 1. The van der Waals surface area contributed by atoms with E-state index in [1.807, 2.05) is 36.4 Å². The molecule has 5 heteroatoms. The number of hydrogen-bond donors (Lipinski definition) is 0. The molecule has 1 fully saturated rings. The number of aryl methyl sites for hydroxylation is 1. The van der Waals surface area contributed by atoms with Crippen molar-refractivity contribution in [1.82, 2.24) is 9.55 Å². The molecule has 1 saturated carbocycles. The summed E-state index contributed by atoms with van der Waals surface area (Å²) < 4.78 is 13.2. The van der Waals surface area contributed by atoms with Gasteiger partial charge in [-0.25, -0.2) is 9.78 Å². The molecule has 138 valence electrons. The molecular formula is C22H22N2O3. The molecule has 1 aromatic carbocycles. The quantitative estimate of drug-likeness (QED) is 0.464. The van der Waals surface area contributed by atoms with Gasteiger partial charge in [0, 0.05) is 29.1 Å². The summed E-state index contributed by atoms with van der Waals surface area (Å²) in [5.41, 5.74) is 4.42. The SMILES string of the molecule is Cc1cc(/C=C/C(=O)OCc2ncc(-c3ccccc3)o2)c(C)n1C1CC1. The smallest absolute Gasteiger partial charge is 0.331 e. The molecule has 0 atom stereocenters. The summed E-state index contributed by atoms with van der Waals surface area (Å²) >= 11 is 0. The Morgan fingerprint density at radius 3 is 2.81 bits per heavy atom. The fourth-order valence-electron chi connectivity index (χ4n) is 3.32. The highest BCUT2D eigenvalue weighted by Gasteiger charge is 2.26. The van der Waals surface area contributed by atoms with Gasteiger partial charge in [-0.15, -0.1) is 0 Å². The number of aromatic nitrogens is 2. The molecule has 2 aromatic heterocycles. The van der Waals surface area contributed by atoms with E-state index in [1.54, 1.807) is 6.20 Å². The molecule has 3 aromatic rings. The summed E-state index contributed by atoms with van der Waals surface area (Å²) in [6, 6.07) is 12.4. The Morgan fingerprint density at radius 2 is 2.07 bits per heavy atom. The second kappa shape index (κ2) is 7.27. The first kappa shape index (κ1) is 17.3. The Hall–Kier alpha value is -3.08. The van der Waals surface area contributed by atoms with E-state index in [0.29, 0.717) is 17.7 Å². The lowest BCUT2D eigenvalue weighted by Crippen LogP contribution is -2.01. The summed E-state index contributed by atoms with van der Waals surface area (Å²) in [4.78, 5) is 16.2. The van der Waals surface area contributed by atoms with E-state index in [0.717, 1.165) is 11.1 Å². The zero-order chi connectivity index (χ0) is 18.8. The Labute approximate surface area is 158 Å². The van der Waals surface area contributed by atoms with Crippen LogP contribution in [0.3, 0.4) is 0 Å². The summed E-state index contributed by atoms with van der Waals surface area (Å²) in [5.74, 6) is 0.623. The van der Waals surface area contributed by atoms with Crippen molar-refractivity contribution < 1.29 is 13.9 Å². The lowest BCUT2D eigenvalue weighted by atomic mass is 10.2. The van der Waals surface area contributed by atoms with Crippen molar-refractivity contribution in [3.8, 4) is 11.3 Å². The van der Waals surface area contributed by atoms with Crippen LogP contribution in [0.4, 0.5) is 0 Å². The summed E-state index contributed by atoms with van der Waals surface area (Å²) in [5, 5.41) is 0. The Balaban J connectivity index is 1.36. The third-order valence-electron chi connectivity index (χ3n) is 4.78. The van der Waals surface area contributed by atoms with Gasteiger partial charge in [0.15, 0.2) is 12.4 Å². The van der Waals surface area contributed by atoms with E-state index in [4.69, 9.17) is 9.15 Å². The standard InChI is InChI=1S/C22H22N2O3/c1-15-12-18(16(2)24(15)19-9-10-19)8-11-22(25)26-14-21-23-13-20(27-21)17-6-4-3-5-7-17/h3-8,11-13,19H,9-10,14H2,1-2H3/b11-8+. The Morgan fingerprint density at radius 1 is 1.30 bits per heavy atom. The number of hydrogen-bond acceptors (Lipinski definition) is 4. The number of oxazole rings is 1. The lowest BCUT2D eigenvalue weighted by Gasteiger charge is -2.06. The van der Waals surface area contributed by atoms with E-state index in [2.05, 4.69) is 29.5 Å². The summed E-state index contributed by atoms with van der Waals surface area (Å²) in [6.45, 7) is 4.21. The van der Waals surface area contributed by atoms with Crippen molar-refractivity contribution in [2.75, 3.05) is 0 Å². The number of rotatable bonds is 6. The third-order valence-corrected chi connectivity index (χ3v) is 4.78. The van der Waals surface area contributed by atoms with Gasteiger partial charge < -0.3 is 13.7 Å². The Bertz CT molecular complexity index is 978. The van der Waals surface area contributed by atoms with E-state index in [9.17, 15) is 4.79 Å². The highest BCUT2D eigenvalue weighted by atomic mass is 16.5. The van der Waals surface area contributed by atoms with Gasteiger partial charge in [-0.3, -0.25) is 0 Å². The van der Waals surface area contributed by atoms with Crippen LogP contribution in [0.1, 0.15) is 41.7 Å². The highest BCUT2D eigenvalue weighted by Crippen LogP contribution is 2.38. The average molecular weight is 362 g/mol. The fraction of sp³-hybridized carbons (Fsp3) is 0.273. The van der Waals surface area contributed by atoms with Gasteiger partial charge in [-0.2, -0.15) is 0 Å². The molecule has 0 spiro atoms. The predicted octanol–water partition coefficient (Wildman–Crippen LogP) is 4.85. The number of ether oxygens (including phenoxy) is 1. The van der Waals surface area contributed by atoms with Gasteiger partial charge in [-0.05, 0) is 44.4 Å². The minimum Gasteiger partial charge on any atom is -0.453 e. The second-order valence-corrected chi connectivity index (χ2v) is 6.85. The van der Waals surface area contributed by atoms with E-state index in [-0.39, 0.29) is 6.61 Å². The molecular weight excluding hydrogens is 340 g/mol. The van der Waals surface area contributed by atoms with Crippen LogP contribution in [0.5, 0.6) is 0 Å². The first-order chi connectivity index (χ1) is 13.1. The third kappa shape index (κ3) is 3.87. The number of carbonyl (C=O) groups is 1. The summed E-state index contributed by atoms with van der Waals surface area (Å²) in [6.07, 6.45) is 7.39. The maximum absolute atomic E-state index is 12.0. The van der Waals surface area contributed by atoms with Gasteiger partial charge in [0.1, 0.15) is 0 Å².